The molecule has 3 rings (SSSR count). The van der Waals surface area contributed by atoms with Crippen molar-refractivity contribution in [3.63, 3.8) is 0 Å². The maximum atomic E-state index is 12.2. The summed E-state index contributed by atoms with van der Waals surface area (Å²) in [7, 11) is 1.57. The monoisotopic (exact) mass is 310 g/mol. The Kier molecular flexibility index (Phi) is 4.23. The van der Waals surface area contributed by atoms with Gasteiger partial charge in [0.15, 0.2) is 5.82 Å². The summed E-state index contributed by atoms with van der Waals surface area (Å²) in [5.41, 5.74) is 0.804. The SMILES string of the molecule is COc1ccccc1CC(=O)Nc1cc(-n2cncn2)ncn1. The molecule has 23 heavy (non-hydrogen) atoms. The zero-order valence-electron chi connectivity index (χ0n) is 12.4. The van der Waals surface area contributed by atoms with Crippen molar-refractivity contribution >= 4 is 11.7 Å². The van der Waals surface area contributed by atoms with Crippen LogP contribution >= 0.6 is 0 Å². The van der Waals surface area contributed by atoms with E-state index in [1.165, 1.54) is 23.7 Å². The van der Waals surface area contributed by atoms with Crippen LogP contribution in [0.25, 0.3) is 5.82 Å². The number of amides is 1. The fourth-order valence-corrected chi connectivity index (χ4v) is 2.08. The second-order valence-corrected chi connectivity index (χ2v) is 4.64. The van der Waals surface area contributed by atoms with E-state index in [0.717, 1.165) is 5.56 Å². The summed E-state index contributed by atoms with van der Waals surface area (Å²) < 4.78 is 6.72. The summed E-state index contributed by atoms with van der Waals surface area (Å²) >= 11 is 0. The Morgan fingerprint density at radius 1 is 1.26 bits per heavy atom. The Bertz CT molecular complexity index is 803. The van der Waals surface area contributed by atoms with Crippen molar-refractivity contribution < 1.29 is 9.53 Å². The molecule has 0 aliphatic carbocycles. The zero-order valence-corrected chi connectivity index (χ0v) is 12.4. The Morgan fingerprint density at radius 3 is 2.91 bits per heavy atom. The van der Waals surface area contributed by atoms with Gasteiger partial charge < -0.3 is 10.1 Å². The first-order chi connectivity index (χ1) is 11.3. The maximum Gasteiger partial charge on any atom is 0.230 e. The summed E-state index contributed by atoms with van der Waals surface area (Å²) in [5.74, 6) is 1.39. The second kappa shape index (κ2) is 6.65. The van der Waals surface area contributed by atoms with E-state index < -0.39 is 0 Å². The average molecular weight is 310 g/mol. The highest BCUT2D eigenvalue weighted by molar-refractivity contribution is 5.91. The molecule has 1 aromatic carbocycles. The molecule has 0 saturated heterocycles. The number of nitrogens with one attached hydrogen (secondary N) is 1. The molecule has 0 spiro atoms. The molecule has 0 atom stereocenters. The third kappa shape index (κ3) is 3.49. The summed E-state index contributed by atoms with van der Waals surface area (Å²) in [4.78, 5) is 24.2. The number of carbonyl (C=O) groups is 1. The van der Waals surface area contributed by atoms with Crippen molar-refractivity contribution in [2.45, 2.75) is 6.42 Å². The number of hydrogen-bond donors (Lipinski definition) is 1. The first-order valence-corrected chi connectivity index (χ1v) is 6.85. The van der Waals surface area contributed by atoms with Gasteiger partial charge in [-0.3, -0.25) is 4.79 Å². The lowest BCUT2D eigenvalue weighted by molar-refractivity contribution is -0.115. The van der Waals surface area contributed by atoms with E-state index in [1.807, 2.05) is 24.3 Å². The van der Waals surface area contributed by atoms with Crippen molar-refractivity contribution in [2.24, 2.45) is 0 Å². The molecule has 116 valence electrons. The fraction of sp³-hybridized carbons (Fsp3) is 0.133. The lowest BCUT2D eigenvalue weighted by Crippen LogP contribution is -2.16. The van der Waals surface area contributed by atoms with E-state index in [2.05, 4.69) is 25.4 Å². The molecular weight excluding hydrogens is 296 g/mol. The summed E-state index contributed by atoms with van der Waals surface area (Å²) in [6.07, 6.45) is 4.47. The summed E-state index contributed by atoms with van der Waals surface area (Å²) in [6, 6.07) is 9.00. The molecule has 0 bridgehead atoms. The molecule has 2 aromatic heterocycles. The lowest BCUT2D eigenvalue weighted by atomic mass is 10.1. The number of aromatic nitrogens is 5. The van der Waals surface area contributed by atoms with Crippen LogP contribution < -0.4 is 10.1 Å². The van der Waals surface area contributed by atoms with Crippen molar-refractivity contribution in [2.75, 3.05) is 12.4 Å². The number of nitrogens with zero attached hydrogens (tertiary/aromatic N) is 5. The third-order valence-electron chi connectivity index (χ3n) is 3.12. The van der Waals surface area contributed by atoms with Crippen LogP contribution in [-0.2, 0) is 11.2 Å². The number of hydrogen-bond acceptors (Lipinski definition) is 6. The molecule has 8 nitrogen and oxygen atoms in total. The molecule has 0 aliphatic rings. The average Bonchev–Trinajstić information content (AvgIpc) is 3.10. The smallest absolute Gasteiger partial charge is 0.230 e. The van der Waals surface area contributed by atoms with Gasteiger partial charge in [-0.05, 0) is 6.07 Å². The van der Waals surface area contributed by atoms with Crippen LogP contribution in [0.3, 0.4) is 0 Å². The number of carbonyl (C=O) groups excluding carboxylic acids is 1. The van der Waals surface area contributed by atoms with E-state index in [1.54, 1.807) is 13.2 Å². The van der Waals surface area contributed by atoms with Gasteiger partial charge in [-0.1, -0.05) is 18.2 Å². The van der Waals surface area contributed by atoms with E-state index in [9.17, 15) is 4.79 Å². The summed E-state index contributed by atoms with van der Waals surface area (Å²) in [5, 5.41) is 6.72. The topological polar surface area (TPSA) is 94.8 Å². The molecule has 0 saturated carbocycles. The molecule has 0 aliphatic heterocycles. The van der Waals surface area contributed by atoms with Gasteiger partial charge in [0.05, 0.1) is 13.5 Å². The van der Waals surface area contributed by atoms with Gasteiger partial charge in [-0.25, -0.2) is 19.6 Å². The Morgan fingerprint density at radius 2 is 2.13 bits per heavy atom. The molecule has 1 amide bonds. The van der Waals surface area contributed by atoms with Crippen molar-refractivity contribution in [3.8, 4) is 11.6 Å². The van der Waals surface area contributed by atoms with Gasteiger partial charge in [0.1, 0.15) is 30.5 Å². The Balaban J connectivity index is 1.72. The molecule has 2 heterocycles. The van der Waals surface area contributed by atoms with Gasteiger partial charge in [0.25, 0.3) is 0 Å². The van der Waals surface area contributed by atoms with Crippen LogP contribution in [0.1, 0.15) is 5.56 Å². The minimum absolute atomic E-state index is 0.187. The largest absolute Gasteiger partial charge is 0.496 e. The quantitative estimate of drug-likeness (QED) is 0.762. The van der Waals surface area contributed by atoms with Crippen molar-refractivity contribution in [1.29, 1.82) is 0 Å². The van der Waals surface area contributed by atoms with Crippen molar-refractivity contribution in [3.05, 3.63) is 54.9 Å². The highest BCUT2D eigenvalue weighted by atomic mass is 16.5. The van der Waals surface area contributed by atoms with E-state index in [4.69, 9.17) is 4.74 Å². The van der Waals surface area contributed by atoms with E-state index in [0.29, 0.717) is 17.4 Å². The van der Waals surface area contributed by atoms with Crippen LogP contribution in [0, 0.1) is 0 Å². The lowest BCUT2D eigenvalue weighted by Gasteiger charge is -2.09. The highest BCUT2D eigenvalue weighted by Gasteiger charge is 2.10. The molecule has 0 fully saturated rings. The molecule has 3 aromatic rings. The highest BCUT2D eigenvalue weighted by Crippen LogP contribution is 2.18. The first kappa shape index (κ1) is 14.6. The van der Waals surface area contributed by atoms with Gasteiger partial charge >= 0.3 is 0 Å². The number of para-hydroxylation sites is 1. The van der Waals surface area contributed by atoms with E-state index >= 15 is 0 Å². The predicted molar refractivity (Wildman–Crippen MR) is 82.3 cm³/mol. The molecule has 0 radical (unpaired) electrons. The van der Waals surface area contributed by atoms with Crippen LogP contribution in [0.4, 0.5) is 5.82 Å². The molecule has 8 heteroatoms. The third-order valence-corrected chi connectivity index (χ3v) is 3.12. The Labute approximate surface area is 132 Å². The number of rotatable bonds is 5. The predicted octanol–water partition coefficient (Wildman–Crippen LogP) is 1.25. The normalized spacial score (nSPS) is 10.3. The van der Waals surface area contributed by atoms with Crippen LogP contribution in [0.5, 0.6) is 5.75 Å². The number of benzene rings is 1. The number of anilines is 1. The van der Waals surface area contributed by atoms with Crippen LogP contribution in [0.15, 0.2) is 49.3 Å². The standard InChI is InChI=1S/C15H14N6O2/c1-23-12-5-3-2-4-11(12)6-15(22)20-13-7-14(18-9-17-13)21-10-16-8-19-21/h2-5,7-10H,6H2,1H3,(H,17,18,20,22). The van der Waals surface area contributed by atoms with E-state index in [-0.39, 0.29) is 12.3 Å². The maximum absolute atomic E-state index is 12.2. The second-order valence-electron chi connectivity index (χ2n) is 4.64. The van der Waals surface area contributed by atoms with Gasteiger partial charge in [0, 0.05) is 11.6 Å². The van der Waals surface area contributed by atoms with Crippen molar-refractivity contribution in [1.82, 2.24) is 24.7 Å². The fourth-order valence-electron chi connectivity index (χ4n) is 2.08. The molecule has 1 N–H and O–H groups in total. The first-order valence-electron chi connectivity index (χ1n) is 6.85. The van der Waals surface area contributed by atoms with Gasteiger partial charge in [-0.2, -0.15) is 5.10 Å². The summed E-state index contributed by atoms with van der Waals surface area (Å²) in [6.45, 7) is 0. The number of methoxy groups -OCH3 is 1. The minimum atomic E-state index is -0.197. The number of ether oxygens (including phenoxy) is 1. The molecular formula is C15H14N6O2. The van der Waals surface area contributed by atoms with Crippen LogP contribution in [0.2, 0.25) is 0 Å². The molecule has 0 unspecified atom stereocenters. The van der Waals surface area contributed by atoms with Crippen LogP contribution in [-0.4, -0.2) is 37.7 Å². The minimum Gasteiger partial charge on any atom is -0.496 e. The Hall–Kier alpha value is -3.29. The zero-order chi connectivity index (χ0) is 16.1. The van der Waals surface area contributed by atoms with Gasteiger partial charge in [-0.15, -0.1) is 0 Å². The van der Waals surface area contributed by atoms with Gasteiger partial charge in [0.2, 0.25) is 5.91 Å².